The van der Waals surface area contributed by atoms with Crippen molar-refractivity contribution in [1.82, 2.24) is 15.6 Å². The zero-order valence-corrected chi connectivity index (χ0v) is 15.7. The normalized spacial score (nSPS) is 16.9. The van der Waals surface area contributed by atoms with Crippen molar-refractivity contribution in [3.8, 4) is 0 Å². The molecule has 0 aliphatic heterocycles. The van der Waals surface area contributed by atoms with E-state index < -0.39 is 0 Å². The second-order valence-electron chi connectivity index (χ2n) is 6.99. The summed E-state index contributed by atoms with van der Waals surface area (Å²) >= 11 is 0. The lowest BCUT2D eigenvalue weighted by Crippen LogP contribution is -2.42. The lowest BCUT2D eigenvalue weighted by molar-refractivity contribution is 0.283. The van der Waals surface area contributed by atoms with Gasteiger partial charge in [-0.3, -0.25) is 0 Å². The molecule has 0 unspecified atom stereocenters. The highest BCUT2D eigenvalue weighted by Gasteiger charge is 2.31. The Morgan fingerprint density at radius 1 is 1.21 bits per heavy atom. The third-order valence-electron chi connectivity index (χ3n) is 5.04. The summed E-state index contributed by atoms with van der Waals surface area (Å²) < 4.78 is 0. The van der Waals surface area contributed by atoms with Gasteiger partial charge < -0.3 is 15.5 Å². The molecular weight excluding hydrogens is 298 g/mol. The maximum Gasteiger partial charge on any atom is 0.191 e. The third kappa shape index (κ3) is 5.11. The minimum Gasteiger partial charge on any atom is -0.363 e. The van der Waals surface area contributed by atoms with Crippen LogP contribution in [-0.2, 0) is 6.54 Å². The average molecular weight is 332 g/mol. The van der Waals surface area contributed by atoms with Crippen molar-refractivity contribution in [1.29, 1.82) is 0 Å². The molecule has 0 atom stereocenters. The van der Waals surface area contributed by atoms with Gasteiger partial charge in [0, 0.05) is 27.2 Å². The molecule has 0 aromatic carbocycles. The summed E-state index contributed by atoms with van der Waals surface area (Å²) in [5.41, 5.74) is 1.45. The third-order valence-corrected chi connectivity index (χ3v) is 5.04. The molecule has 0 amide bonds. The van der Waals surface area contributed by atoms with E-state index >= 15 is 0 Å². The van der Waals surface area contributed by atoms with Gasteiger partial charge in [-0.1, -0.05) is 25.8 Å². The SMILES string of the molecule is CCNC(=NCc1cccc(N(C)C)n1)NCC1(CC)CCCC1. The fraction of sp³-hybridized carbons (Fsp3) is 0.684. The van der Waals surface area contributed by atoms with Crippen LogP contribution < -0.4 is 15.5 Å². The van der Waals surface area contributed by atoms with Gasteiger partial charge in [-0.15, -0.1) is 0 Å². The largest absolute Gasteiger partial charge is 0.363 e. The monoisotopic (exact) mass is 331 g/mol. The van der Waals surface area contributed by atoms with Gasteiger partial charge >= 0.3 is 0 Å². The van der Waals surface area contributed by atoms with Gasteiger partial charge in [0.25, 0.3) is 0 Å². The van der Waals surface area contributed by atoms with Gasteiger partial charge in [0.2, 0.25) is 0 Å². The number of rotatable bonds is 7. The molecule has 1 saturated carbocycles. The summed E-state index contributed by atoms with van der Waals surface area (Å²) in [7, 11) is 4.01. The predicted octanol–water partition coefficient (Wildman–Crippen LogP) is 3.17. The fourth-order valence-electron chi connectivity index (χ4n) is 3.36. The Morgan fingerprint density at radius 3 is 2.58 bits per heavy atom. The molecule has 1 heterocycles. The second kappa shape index (κ2) is 8.90. The van der Waals surface area contributed by atoms with Gasteiger partial charge in [-0.2, -0.15) is 0 Å². The topological polar surface area (TPSA) is 52.6 Å². The van der Waals surface area contributed by atoms with Gasteiger partial charge in [-0.05, 0) is 43.7 Å². The predicted molar refractivity (Wildman–Crippen MR) is 103 cm³/mol. The molecule has 1 fully saturated rings. The Morgan fingerprint density at radius 2 is 1.96 bits per heavy atom. The first kappa shape index (κ1) is 18.6. The lowest BCUT2D eigenvalue weighted by atomic mass is 9.83. The molecule has 5 heteroatoms. The zero-order valence-electron chi connectivity index (χ0n) is 15.7. The van der Waals surface area contributed by atoms with Crippen LogP contribution in [0.1, 0.15) is 51.6 Å². The summed E-state index contributed by atoms with van der Waals surface area (Å²) in [4.78, 5) is 11.4. The van der Waals surface area contributed by atoms with Crippen LogP contribution in [0.3, 0.4) is 0 Å². The van der Waals surface area contributed by atoms with Crippen LogP contribution in [0.25, 0.3) is 0 Å². The highest BCUT2D eigenvalue weighted by Crippen LogP contribution is 2.40. The maximum atomic E-state index is 4.72. The van der Waals surface area contributed by atoms with E-state index in [1.54, 1.807) is 0 Å². The molecular formula is C19H33N5. The van der Waals surface area contributed by atoms with Crippen LogP contribution in [0, 0.1) is 5.41 Å². The van der Waals surface area contributed by atoms with Crippen molar-refractivity contribution < 1.29 is 0 Å². The molecule has 0 saturated heterocycles. The summed E-state index contributed by atoms with van der Waals surface area (Å²) in [6.45, 7) is 6.90. The molecule has 24 heavy (non-hydrogen) atoms. The minimum absolute atomic E-state index is 0.458. The summed E-state index contributed by atoms with van der Waals surface area (Å²) in [6, 6.07) is 6.09. The first-order valence-electron chi connectivity index (χ1n) is 9.24. The number of nitrogens with one attached hydrogen (secondary N) is 2. The van der Waals surface area contributed by atoms with Crippen LogP contribution in [0.2, 0.25) is 0 Å². The number of aliphatic imine (C=N–C) groups is 1. The quantitative estimate of drug-likeness (QED) is 0.595. The van der Waals surface area contributed by atoms with Crippen molar-refractivity contribution in [2.24, 2.45) is 10.4 Å². The smallest absolute Gasteiger partial charge is 0.191 e. The summed E-state index contributed by atoms with van der Waals surface area (Å²) in [5.74, 6) is 1.87. The summed E-state index contributed by atoms with van der Waals surface area (Å²) in [5, 5.41) is 6.92. The van der Waals surface area contributed by atoms with Crippen molar-refractivity contribution >= 4 is 11.8 Å². The van der Waals surface area contributed by atoms with Gasteiger partial charge in [0.1, 0.15) is 5.82 Å². The standard InChI is InChI=1S/C19H33N5/c1-5-19(12-7-8-13-19)15-22-18(20-6-2)21-14-16-10-9-11-17(23-16)24(3)4/h9-11H,5-8,12-15H2,1-4H3,(H2,20,21,22). The number of hydrogen-bond acceptors (Lipinski definition) is 3. The number of pyridine rings is 1. The number of anilines is 1. The molecule has 1 aliphatic rings. The molecule has 0 spiro atoms. The van der Waals surface area contributed by atoms with Crippen molar-refractivity contribution in [2.45, 2.75) is 52.5 Å². The molecule has 2 rings (SSSR count). The van der Waals surface area contributed by atoms with Crippen LogP contribution in [0.15, 0.2) is 23.2 Å². The maximum absolute atomic E-state index is 4.72. The Kier molecular flexibility index (Phi) is 6.88. The molecule has 1 aliphatic carbocycles. The van der Waals surface area contributed by atoms with E-state index in [4.69, 9.17) is 4.99 Å². The average Bonchev–Trinajstić information content (AvgIpc) is 3.07. The Balaban J connectivity index is 1.98. The van der Waals surface area contributed by atoms with Gasteiger partial charge in [0.05, 0.1) is 12.2 Å². The number of hydrogen-bond donors (Lipinski definition) is 2. The van der Waals surface area contributed by atoms with Gasteiger partial charge in [-0.25, -0.2) is 9.98 Å². The van der Waals surface area contributed by atoms with Crippen LogP contribution in [0.4, 0.5) is 5.82 Å². The van der Waals surface area contributed by atoms with E-state index in [1.165, 1.54) is 32.1 Å². The highest BCUT2D eigenvalue weighted by atomic mass is 15.2. The first-order valence-corrected chi connectivity index (χ1v) is 9.24. The molecule has 2 N–H and O–H groups in total. The Hall–Kier alpha value is -1.78. The van der Waals surface area contributed by atoms with E-state index in [1.807, 2.05) is 37.2 Å². The number of aromatic nitrogens is 1. The van der Waals surface area contributed by atoms with Crippen LogP contribution in [-0.4, -0.2) is 38.1 Å². The molecule has 0 radical (unpaired) electrons. The molecule has 5 nitrogen and oxygen atoms in total. The lowest BCUT2D eigenvalue weighted by Gasteiger charge is -2.28. The molecule has 0 bridgehead atoms. The first-order chi connectivity index (χ1) is 11.6. The Labute approximate surface area is 147 Å². The van der Waals surface area contributed by atoms with Crippen molar-refractivity contribution in [3.63, 3.8) is 0 Å². The van der Waals surface area contributed by atoms with Crippen LogP contribution >= 0.6 is 0 Å². The molecule has 1 aromatic heterocycles. The van der Waals surface area contributed by atoms with E-state index in [-0.39, 0.29) is 0 Å². The van der Waals surface area contributed by atoms with Crippen molar-refractivity contribution in [2.75, 3.05) is 32.1 Å². The molecule has 1 aromatic rings. The Bertz CT molecular complexity index is 532. The summed E-state index contributed by atoms with van der Waals surface area (Å²) in [6.07, 6.45) is 6.64. The van der Waals surface area contributed by atoms with E-state index in [0.717, 1.165) is 30.6 Å². The zero-order chi connectivity index (χ0) is 17.4. The minimum atomic E-state index is 0.458. The van der Waals surface area contributed by atoms with E-state index in [2.05, 4.69) is 29.5 Å². The second-order valence-corrected chi connectivity index (χ2v) is 6.99. The van der Waals surface area contributed by atoms with Crippen molar-refractivity contribution in [3.05, 3.63) is 23.9 Å². The van der Waals surface area contributed by atoms with Crippen LogP contribution in [0.5, 0.6) is 0 Å². The molecule has 134 valence electrons. The fourth-order valence-corrected chi connectivity index (χ4v) is 3.36. The van der Waals surface area contributed by atoms with Gasteiger partial charge in [0.15, 0.2) is 5.96 Å². The van der Waals surface area contributed by atoms with E-state index in [9.17, 15) is 0 Å². The van der Waals surface area contributed by atoms with E-state index in [0.29, 0.717) is 12.0 Å². The number of guanidine groups is 1. The number of nitrogens with zero attached hydrogens (tertiary/aromatic N) is 3. The highest BCUT2D eigenvalue weighted by molar-refractivity contribution is 5.79.